The van der Waals surface area contributed by atoms with Gasteiger partial charge in [0.2, 0.25) is 21.8 Å². The highest BCUT2D eigenvalue weighted by Gasteiger charge is 2.32. The van der Waals surface area contributed by atoms with E-state index in [0.29, 0.717) is 30.2 Å². The van der Waals surface area contributed by atoms with E-state index in [1.54, 1.807) is 49.6 Å². The number of carbonyl (C=O) groups is 2. The van der Waals surface area contributed by atoms with Crippen LogP contribution in [0.5, 0.6) is 11.5 Å². The summed E-state index contributed by atoms with van der Waals surface area (Å²) < 4.78 is 36.9. The molecule has 0 bridgehead atoms. The van der Waals surface area contributed by atoms with E-state index in [1.165, 1.54) is 12.0 Å². The highest BCUT2D eigenvalue weighted by molar-refractivity contribution is 7.92. The summed E-state index contributed by atoms with van der Waals surface area (Å²) in [4.78, 5) is 28.2. The molecule has 1 N–H and O–H groups in total. The van der Waals surface area contributed by atoms with Crippen molar-refractivity contribution < 1.29 is 27.5 Å². The number of benzene rings is 2. The number of carbonyl (C=O) groups excluding carboxylic acids is 2. The summed E-state index contributed by atoms with van der Waals surface area (Å²) in [5.74, 6) is 0.530. The number of rotatable bonds is 13. The number of hydrogen-bond acceptors (Lipinski definition) is 6. The van der Waals surface area contributed by atoms with Crippen LogP contribution in [0.25, 0.3) is 0 Å². The normalized spacial score (nSPS) is 12.1. The molecule has 2 amide bonds. The zero-order valence-corrected chi connectivity index (χ0v) is 22.7. The lowest BCUT2D eigenvalue weighted by Gasteiger charge is -2.33. The van der Waals surface area contributed by atoms with E-state index in [9.17, 15) is 18.0 Å². The van der Waals surface area contributed by atoms with Crippen LogP contribution in [0, 0.1) is 5.92 Å². The Kier molecular flexibility index (Phi) is 10.6. The van der Waals surface area contributed by atoms with Crippen LogP contribution in [0.2, 0.25) is 0 Å². The van der Waals surface area contributed by atoms with Crippen molar-refractivity contribution in [2.75, 3.05) is 37.9 Å². The fraction of sp³-hybridized carbons (Fsp3) is 0.462. The van der Waals surface area contributed by atoms with Gasteiger partial charge in [-0.05, 0) is 42.2 Å². The summed E-state index contributed by atoms with van der Waals surface area (Å²) in [6.45, 7) is 5.90. The second-order valence-electron chi connectivity index (χ2n) is 8.91. The number of hydrogen-bond donors (Lipinski definition) is 1. The zero-order chi connectivity index (χ0) is 26.9. The maximum absolute atomic E-state index is 13.7. The molecule has 2 aromatic rings. The van der Waals surface area contributed by atoms with E-state index in [4.69, 9.17) is 9.47 Å². The summed E-state index contributed by atoms with van der Waals surface area (Å²) >= 11 is 0. The molecule has 0 saturated heterocycles. The molecule has 0 fully saturated rings. The molecule has 198 valence electrons. The molecule has 0 aromatic heterocycles. The Hall–Kier alpha value is -3.27. The van der Waals surface area contributed by atoms with Crippen molar-refractivity contribution in [3.8, 4) is 11.5 Å². The number of nitrogens with one attached hydrogen (secondary N) is 1. The molecule has 2 rings (SSSR count). The third-order valence-electron chi connectivity index (χ3n) is 5.58. The standard InChI is InChI=1S/C26H37N3O6S/c1-7-24(26(31)27-16-19(2)3)28(17-20-10-8-12-22(14-20)34-4)25(30)18-29(36(6,32)33)21-11-9-13-23(15-21)35-5/h8-15,19,24H,7,16-18H2,1-6H3,(H,27,31). The van der Waals surface area contributed by atoms with Crippen molar-refractivity contribution in [2.24, 2.45) is 5.92 Å². The van der Waals surface area contributed by atoms with E-state index < -0.39 is 28.5 Å². The van der Waals surface area contributed by atoms with Gasteiger partial charge in [0.1, 0.15) is 24.1 Å². The van der Waals surface area contributed by atoms with Crippen LogP contribution in [0.4, 0.5) is 5.69 Å². The van der Waals surface area contributed by atoms with Crippen molar-refractivity contribution in [2.45, 2.75) is 39.8 Å². The molecule has 0 spiro atoms. The first-order valence-corrected chi connectivity index (χ1v) is 13.7. The molecule has 1 atom stereocenters. The maximum atomic E-state index is 13.7. The van der Waals surface area contributed by atoms with E-state index in [0.717, 1.165) is 16.1 Å². The second kappa shape index (κ2) is 13.2. The Morgan fingerprint density at radius 1 is 1.00 bits per heavy atom. The first-order chi connectivity index (χ1) is 17.0. The summed E-state index contributed by atoms with van der Waals surface area (Å²) in [5, 5.41) is 2.90. The fourth-order valence-corrected chi connectivity index (χ4v) is 4.53. The molecular formula is C26H37N3O6S. The lowest BCUT2D eigenvalue weighted by atomic mass is 10.1. The summed E-state index contributed by atoms with van der Waals surface area (Å²) in [5.41, 5.74) is 1.05. The molecule has 10 heteroatoms. The third-order valence-corrected chi connectivity index (χ3v) is 6.72. The fourth-order valence-electron chi connectivity index (χ4n) is 3.69. The van der Waals surface area contributed by atoms with Crippen molar-refractivity contribution in [1.82, 2.24) is 10.2 Å². The Labute approximate surface area is 214 Å². The molecule has 2 aromatic carbocycles. The van der Waals surface area contributed by atoms with Gasteiger partial charge >= 0.3 is 0 Å². The Balaban J connectivity index is 2.45. The van der Waals surface area contributed by atoms with Crippen molar-refractivity contribution >= 4 is 27.5 Å². The van der Waals surface area contributed by atoms with Gasteiger partial charge in [0.25, 0.3) is 0 Å². The predicted octanol–water partition coefficient (Wildman–Crippen LogP) is 3.05. The summed E-state index contributed by atoms with van der Waals surface area (Å²) in [6, 6.07) is 12.9. The van der Waals surface area contributed by atoms with Gasteiger partial charge < -0.3 is 19.7 Å². The summed E-state index contributed by atoms with van der Waals surface area (Å²) in [6.07, 6.45) is 1.40. The van der Waals surface area contributed by atoms with Crippen molar-refractivity contribution in [1.29, 1.82) is 0 Å². The molecule has 0 saturated carbocycles. The van der Waals surface area contributed by atoms with Gasteiger partial charge in [0.15, 0.2) is 0 Å². The molecule has 0 heterocycles. The van der Waals surface area contributed by atoms with Crippen molar-refractivity contribution in [3.63, 3.8) is 0 Å². The monoisotopic (exact) mass is 519 g/mol. The number of sulfonamides is 1. The van der Waals surface area contributed by atoms with Gasteiger partial charge in [0, 0.05) is 19.2 Å². The molecule has 0 radical (unpaired) electrons. The first-order valence-electron chi connectivity index (χ1n) is 11.8. The first kappa shape index (κ1) is 29.0. The number of ether oxygens (including phenoxy) is 2. The van der Waals surface area contributed by atoms with Crippen LogP contribution < -0.4 is 19.1 Å². The van der Waals surface area contributed by atoms with Crippen LogP contribution in [0.15, 0.2) is 48.5 Å². The van der Waals surface area contributed by atoms with Crippen LogP contribution in [0.3, 0.4) is 0 Å². The van der Waals surface area contributed by atoms with Crippen LogP contribution in [-0.4, -0.2) is 64.7 Å². The smallest absolute Gasteiger partial charge is 0.244 e. The average Bonchev–Trinajstić information content (AvgIpc) is 2.85. The van der Waals surface area contributed by atoms with Gasteiger partial charge in [-0.2, -0.15) is 0 Å². The van der Waals surface area contributed by atoms with Crippen molar-refractivity contribution in [3.05, 3.63) is 54.1 Å². The van der Waals surface area contributed by atoms with Gasteiger partial charge in [-0.25, -0.2) is 8.42 Å². The van der Waals surface area contributed by atoms with Crippen LogP contribution in [0.1, 0.15) is 32.8 Å². The lowest BCUT2D eigenvalue weighted by Crippen LogP contribution is -2.52. The number of methoxy groups -OCH3 is 2. The predicted molar refractivity (Wildman–Crippen MR) is 141 cm³/mol. The van der Waals surface area contributed by atoms with E-state index in [1.807, 2.05) is 26.8 Å². The third kappa shape index (κ3) is 8.15. The van der Waals surface area contributed by atoms with E-state index >= 15 is 0 Å². The van der Waals surface area contributed by atoms with Gasteiger partial charge in [0.05, 0.1) is 26.2 Å². The average molecular weight is 520 g/mol. The van der Waals surface area contributed by atoms with Gasteiger partial charge in [-0.3, -0.25) is 13.9 Å². The molecule has 1 unspecified atom stereocenters. The topological polar surface area (TPSA) is 105 Å². The molecule has 36 heavy (non-hydrogen) atoms. The minimum Gasteiger partial charge on any atom is -0.497 e. The van der Waals surface area contributed by atoms with Gasteiger partial charge in [-0.15, -0.1) is 0 Å². The molecular weight excluding hydrogens is 482 g/mol. The number of nitrogens with zero attached hydrogens (tertiary/aromatic N) is 2. The van der Waals surface area contributed by atoms with Crippen LogP contribution >= 0.6 is 0 Å². The molecule has 0 aliphatic rings. The highest BCUT2D eigenvalue weighted by Crippen LogP contribution is 2.24. The molecule has 9 nitrogen and oxygen atoms in total. The largest absolute Gasteiger partial charge is 0.497 e. The maximum Gasteiger partial charge on any atom is 0.244 e. The summed E-state index contributed by atoms with van der Waals surface area (Å²) in [7, 11) is -0.791. The Morgan fingerprint density at radius 2 is 1.61 bits per heavy atom. The number of anilines is 1. The molecule has 0 aliphatic heterocycles. The Bertz CT molecular complexity index is 1140. The zero-order valence-electron chi connectivity index (χ0n) is 21.9. The van der Waals surface area contributed by atoms with Gasteiger partial charge in [-0.1, -0.05) is 39.0 Å². The SMILES string of the molecule is CCC(C(=O)NCC(C)C)N(Cc1cccc(OC)c1)C(=O)CN(c1cccc(OC)c1)S(C)(=O)=O. The quantitative estimate of drug-likeness (QED) is 0.436. The molecule has 0 aliphatic carbocycles. The van der Waals surface area contributed by atoms with Crippen LogP contribution in [-0.2, 0) is 26.2 Å². The minimum atomic E-state index is -3.82. The minimum absolute atomic E-state index is 0.110. The Morgan fingerprint density at radius 3 is 2.17 bits per heavy atom. The lowest BCUT2D eigenvalue weighted by molar-refractivity contribution is -0.140. The van der Waals surface area contributed by atoms with E-state index in [-0.39, 0.29) is 18.4 Å². The highest BCUT2D eigenvalue weighted by atomic mass is 32.2. The number of amides is 2. The van der Waals surface area contributed by atoms with E-state index in [2.05, 4.69) is 5.32 Å². The second-order valence-corrected chi connectivity index (χ2v) is 10.8.